The van der Waals surface area contributed by atoms with Crippen molar-refractivity contribution in [2.45, 2.75) is 10.1 Å². The number of hydrogen-bond donors (Lipinski definition) is 1. The lowest BCUT2D eigenvalue weighted by molar-refractivity contribution is -0.118. The van der Waals surface area contributed by atoms with E-state index in [1.807, 2.05) is 48.5 Å². The van der Waals surface area contributed by atoms with Crippen molar-refractivity contribution < 1.29 is 17.9 Å². The van der Waals surface area contributed by atoms with Crippen LogP contribution in [0.4, 0.5) is 5.69 Å². The smallest absolute Gasteiger partial charge is 0.262 e. The minimum absolute atomic E-state index is 0.0244. The van der Waals surface area contributed by atoms with E-state index in [-0.39, 0.29) is 12.5 Å². The van der Waals surface area contributed by atoms with Crippen LogP contribution in [0.25, 0.3) is 11.6 Å². The fourth-order valence-corrected chi connectivity index (χ4v) is 5.91. The fraction of sp³-hybridized carbons (Fsp3) is 0.0870. The van der Waals surface area contributed by atoms with Crippen molar-refractivity contribution in [1.82, 2.24) is 0 Å². The van der Waals surface area contributed by atoms with Gasteiger partial charge in [-0.1, -0.05) is 54.6 Å². The molecule has 2 aliphatic heterocycles. The highest BCUT2D eigenvalue weighted by Crippen LogP contribution is 2.47. The van der Waals surface area contributed by atoms with Gasteiger partial charge in [-0.2, -0.15) is 0 Å². The van der Waals surface area contributed by atoms with Gasteiger partial charge in [0.2, 0.25) is 0 Å². The third-order valence-electron chi connectivity index (χ3n) is 5.18. The van der Waals surface area contributed by atoms with Crippen LogP contribution >= 0.6 is 0 Å². The zero-order valence-electron chi connectivity index (χ0n) is 15.3. The van der Waals surface area contributed by atoms with Gasteiger partial charge in [0.15, 0.2) is 16.4 Å². The van der Waals surface area contributed by atoms with Crippen LogP contribution in [0.15, 0.2) is 77.7 Å². The minimum atomic E-state index is -3.65. The molecule has 0 radical (unpaired) electrons. The van der Waals surface area contributed by atoms with E-state index < -0.39 is 15.1 Å². The number of rotatable bonds is 2. The molecule has 0 aliphatic carbocycles. The van der Waals surface area contributed by atoms with Crippen molar-refractivity contribution >= 4 is 33.1 Å². The summed E-state index contributed by atoms with van der Waals surface area (Å²) in [6.45, 7) is -0.0244. The molecule has 3 aromatic rings. The molecule has 6 heteroatoms. The summed E-state index contributed by atoms with van der Waals surface area (Å²) < 4.78 is 32.6. The number of amides is 1. The quantitative estimate of drug-likeness (QED) is 0.700. The first-order chi connectivity index (χ1) is 14.0. The van der Waals surface area contributed by atoms with E-state index in [1.54, 1.807) is 30.3 Å². The van der Waals surface area contributed by atoms with Crippen molar-refractivity contribution in [3.05, 3.63) is 89.5 Å². The Hall–Kier alpha value is -3.38. The second-order valence-corrected chi connectivity index (χ2v) is 9.02. The first-order valence-electron chi connectivity index (χ1n) is 9.20. The Labute approximate surface area is 168 Å². The normalized spacial score (nSPS) is 19.2. The molecule has 2 aliphatic rings. The van der Waals surface area contributed by atoms with Crippen molar-refractivity contribution in [1.29, 1.82) is 0 Å². The van der Waals surface area contributed by atoms with Crippen molar-refractivity contribution in [2.24, 2.45) is 0 Å². The number of anilines is 1. The minimum Gasteiger partial charge on any atom is -0.482 e. The predicted molar refractivity (Wildman–Crippen MR) is 111 cm³/mol. The van der Waals surface area contributed by atoms with Gasteiger partial charge in [0, 0.05) is 0 Å². The molecule has 3 aromatic carbocycles. The maximum absolute atomic E-state index is 13.6. The summed E-state index contributed by atoms with van der Waals surface area (Å²) in [6.07, 6.45) is 1.92. The highest BCUT2D eigenvalue weighted by Gasteiger charge is 2.37. The number of nitrogens with one attached hydrogen (secondary N) is 1. The number of hydrogen-bond acceptors (Lipinski definition) is 4. The van der Waals surface area contributed by atoms with Gasteiger partial charge >= 0.3 is 0 Å². The monoisotopic (exact) mass is 403 g/mol. The summed E-state index contributed by atoms with van der Waals surface area (Å²) in [5.74, 6) is 0.342. The van der Waals surface area contributed by atoms with Crippen LogP contribution in [0.5, 0.6) is 5.75 Å². The molecule has 1 amide bonds. The van der Waals surface area contributed by atoms with Crippen molar-refractivity contribution in [3.8, 4) is 5.75 Å². The molecule has 144 valence electrons. The van der Waals surface area contributed by atoms with Crippen LogP contribution < -0.4 is 10.1 Å². The molecule has 1 atom stereocenters. The average molecular weight is 403 g/mol. The molecule has 0 saturated heterocycles. The Kier molecular flexibility index (Phi) is 4.03. The van der Waals surface area contributed by atoms with Crippen molar-refractivity contribution in [2.75, 3.05) is 11.9 Å². The van der Waals surface area contributed by atoms with E-state index in [2.05, 4.69) is 5.32 Å². The molecule has 0 aromatic heterocycles. The van der Waals surface area contributed by atoms with Gasteiger partial charge in [0.25, 0.3) is 5.91 Å². The lowest BCUT2D eigenvalue weighted by Gasteiger charge is -2.28. The fourth-order valence-electron chi connectivity index (χ4n) is 3.88. The van der Waals surface area contributed by atoms with Gasteiger partial charge in [-0.25, -0.2) is 8.42 Å². The standard InChI is InChI=1S/C23H17NO4S/c25-22-14-28-20-11-10-16(13-19(20)24-22)18-12-17-8-4-5-9-21(17)29(26,27)23(18)15-6-2-1-3-7-15/h1-13,23H,14H2,(H,24,25). The SMILES string of the molecule is O=C1COc2ccc(C3=Cc4ccccc4S(=O)(=O)C3c3ccccc3)cc2N1. The molecule has 1 unspecified atom stereocenters. The number of carbonyl (C=O) groups is 1. The van der Waals surface area contributed by atoms with Crippen molar-refractivity contribution in [3.63, 3.8) is 0 Å². The zero-order valence-corrected chi connectivity index (χ0v) is 16.1. The molecule has 1 N–H and O–H groups in total. The van der Waals surface area contributed by atoms with Gasteiger partial charge < -0.3 is 10.1 Å². The van der Waals surface area contributed by atoms with Crippen LogP contribution in [-0.4, -0.2) is 20.9 Å². The molecule has 0 spiro atoms. The van der Waals surface area contributed by atoms with Crippen LogP contribution in [0.1, 0.15) is 21.9 Å². The van der Waals surface area contributed by atoms with Crippen LogP contribution in [0.2, 0.25) is 0 Å². The summed E-state index contributed by atoms with van der Waals surface area (Å²) in [5, 5.41) is 1.96. The first-order valence-corrected chi connectivity index (χ1v) is 10.8. The molecule has 2 heterocycles. The van der Waals surface area contributed by atoms with Crippen LogP contribution in [0, 0.1) is 0 Å². The van der Waals surface area contributed by atoms with E-state index in [4.69, 9.17) is 4.74 Å². The number of fused-ring (bicyclic) bond motifs is 2. The number of ether oxygens (including phenoxy) is 1. The summed E-state index contributed by atoms with van der Waals surface area (Å²) in [6, 6.07) is 21.6. The van der Waals surface area contributed by atoms with Gasteiger partial charge in [0.1, 0.15) is 11.0 Å². The topological polar surface area (TPSA) is 72.5 Å². The van der Waals surface area contributed by atoms with E-state index in [0.717, 1.165) is 5.56 Å². The molecule has 0 saturated carbocycles. The molecule has 5 nitrogen and oxygen atoms in total. The Morgan fingerprint density at radius 3 is 2.52 bits per heavy atom. The summed E-state index contributed by atoms with van der Waals surface area (Å²) in [4.78, 5) is 12.0. The van der Waals surface area contributed by atoms with Gasteiger partial charge in [0.05, 0.1) is 10.6 Å². The number of carbonyl (C=O) groups excluding carboxylic acids is 1. The highest BCUT2D eigenvalue weighted by molar-refractivity contribution is 7.92. The van der Waals surface area contributed by atoms with Crippen LogP contribution in [0.3, 0.4) is 0 Å². The predicted octanol–water partition coefficient (Wildman–Crippen LogP) is 4.09. The average Bonchev–Trinajstić information content (AvgIpc) is 2.73. The summed E-state index contributed by atoms with van der Waals surface area (Å²) in [5.41, 5.74) is 3.29. The van der Waals surface area contributed by atoms with Gasteiger partial charge in [-0.05, 0) is 46.5 Å². The van der Waals surface area contributed by atoms with E-state index in [1.165, 1.54) is 0 Å². The molecule has 29 heavy (non-hydrogen) atoms. The molecule has 5 rings (SSSR count). The Morgan fingerprint density at radius 1 is 0.931 bits per heavy atom. The first kappa shape index (κ1) is 17.7. The van der Waals surface area contributed by atoms with E-state index in [0.29, 0.717) is 33.0 Å². The highest BCUT2D eigenvalue weighted by atomic mass is 32.2. The number of sulfone groups is 1. The second kappa shape index (κ2) is 6.60. The lowest BCUT2D eigenvalue weighted by atomic mass is 9.94. The summed E-state index contributed by atoms with van der Waals surface area (Å²) in [7, 11) is -3.65. The second-order valence-electron chi connectivity index (χ2n) is 7.02. The maximum Gasteiger partial charge on any atom is 0.262 e. The number of benzene rings is 3. The van der Waals surface area contributed by atoms with E-state index >= 15 is 0 Å². The molecule has 0 bridgehead atoms. The lowest BCUT2D eigenvalue weighted by Crippen LogP contribution is -2.25. The molecule has 0 fully saturated rings. The van der Waals surface area contributed by atoms with Gasteiger partial charge in [-0.3, -0.25) is 4.79 Å². The Bertz CT molecular complexity index is 1260. The molecular formula is C23H17NO4S. The Morgan fingerprint density at radius 2 is 1.69 bits per heavy atom. The largest absolute Gasteiger partial charge is 0.482 e. The maximum atomic E-state index is 13.6. The zero-order chi connectivity index (χ0) is 20.0. The summed E-state index contributed by atoms with van der Waals surface area (Å²) >= 11 is 0. The van der Waals surface area contributed by atoms with Crippen LogP contribution in [-0.2, 0) is 14.6 Å². The van der Waals surface area contributed by atoms with Gasteiger partial charge in [-0.15, -0.1) is 0 Å². The molecular weight excluding hydrogens is 386 g/mol. The third-order valence-corrected chi connectivity index (χ3v) is 7.31. The van der Waals surface area contributed by atoms with E-state index in [9.17, 15) is 13.2 Å². The Balaban J connectivity index is 1.74. The third kappa shape index (κ3) is 2.93.